The molecule has 17 heavy (non-hydrogen) atoms. The quantitative estimate of drug-likeness (QED) is 0.482. The molecule has 0 aliphatic carbocycles. The van der Waals surface area contributed by atoms with Gasteiger partial charge in [0.2, 0.25) is 0 Å². The van der Waals surface area contributed by atoms with Gasteiger partial charge >= 0.3 is 0 Å². The van der Waals surface area contributed by atoms with Gasteiger partial charge in [-0.1, -0.05) is 23.2 Å². The first-order valence-electron chi connectivity index (χ1n) is 4.51. The highest BCUT2D eigenvalue weighted by Gasteiger charge is 2.23. The van der Waals surface area contributed by atoms with Gasteiger partial charge in [-0.25, -0.2) is 4.39 Å². The second kappa shape index (κ2) is 5.33. The highest BCUT2D eigenvalue weighted by molar-refractivity contribution is 6.36. The summed E-state index contributed by atoms with van der Waals surface area (Å²) in [5, 5.41) is 9.98. The second-order valence-electron chi connectivity index (χ2n) is 3.46. The van der Waals surface area contributed by atoms with E-state index in [1.807, 2.05) is 0 Å². The number of nitrogens with zero attached hydrogens (tertiary/aromatic N) is 2. The van der Waals surface area contributed by atoms with Crippen LogP contribution < -0.4 is 0 Å². The molecule has 0 aliphatic rings. The monoisotopic (exact) mass is 278 g/mol. The zero-order valence-electron chi connectivity index (χ0n) is 9.08. The van der Waals surface area contributed by atoms with E-state index in [4.69, 9.17) is 23.2 Å². The average Bonchev–Trinajstić information content (AvgIpc) is 2.22. The molecule has 0 aromatic heterocycles. The largest absolute Gasteiger partial charge is 0.383 e. The van der Waals surface area contributed by atoms with Crippen molar-refractivity contribution < 1.29 is 9.31 Å². The maximum absolute atomic E-state index is 13.3. The van der Waals surface area contributed by atoms with Crippen molar-refractivity contribution in [1.29, 1.82) is 0 Å². The number of benzene rings is 1. The molecule has 4 nitrogen and oxygen atoms in total. The van der Waals surface area contributed by atoms with Crippen LogP contribution in [0.5, 0.6) is 0 Å². The predicted molar refractivity (Wildman–Crippen MR) is 65.8 cm³/mol. The Kier molecular flexibility index (Phi) is 4.31. The number of nitro benzene ring substituents is 1. The Morgan fingerprint density at radius 2 is 2.06 bits per heavy atom. The maximum Gasteiger partial charge on any atom is 0.298 e. The van der Waals surface area contributed by atoms with Crippen LogP contribution in [0.15, 0.2) is 12.3 Å². The number of rotatable bonds is 3. The Morgan fingerprint density at radius 1 is 1.47 bits per heavy atom. The normalized spacial score (nSPS) is 10.9. The van der Waals surface area contributed by atoms with Crippen molar-refractivity contribution in [2.24, 2.45) is 0 Å². The van der Waals surface area contributed by atoms with Crippen molar-refractivity contribution in [2.75, 3.05) is 14.1 Å². The lowest BCUT2D eigenvalue weighted by molar-refractivity contribution is -0.385. The molecule has 0 saturated heterocycles. The molecule has 1 aromatic carbocycles. The SMILES string of the molecule is CN(C)C=Cc1cc(Cl)c(F)c(Cl)c1[N+](=O)[O-]. The zero-order chi connectivity index (χ0) is 13.2. The molecule has 0 atom stereocenters. The van der Waals surface area contributed by atoms with Crippen molar-refractivity contribution in [3.63, 3.8) is 0 Å². The van der Waals surface area contributed by atoms with Crippen LogP contribution >= 0.6 is 23.2 Å². The minimum Gasteiger partial charge on any atom is -0.383 e. The summed E-state index contributed by atoms with van der Waals surface area (Å²) >= 11 is 11.1. The third kappa shape index (κ3) is 3.08. The zero-order valence-corrected chi connectivity index (χ0v) is 10.6. The Hall–Kier alpha value is -1.33. The van der Waals surface area contributed by atoms with E-state index in [-0.39, 0.29) is 10.6 Å². The molecule has 7 heteroatoms. The van der Waals surface area contributed by atoms with Gasteiger partial charge in [-0.15, -0.1) is 0 Å². The minimum atomic E-state index is -0.984. The third-order valence-electron chi connectivity index (χ3n) is 1.90. The minimum absolute atomic E-state index is 0.153. The van der Waals surface area contributed by atoms with Gasteiger partial charge in [-0.3, -0.25) is 10.1 Å². The lowest BCUT2D eigenvalue weighted by Crippen LogP contribution is -2.01. The lowest BCUT2D eigenvalue weighted by atomic mass is 10.1. The molecule has 1 aromatic rings. The summed E-state index contributed by atoms with van der Waals surface area (Å²) in [6.07, 6.45) is 3.02. The van der Waals surface area contributed by atoms with E-state index in [2.05, 4.69) is 0 Å². The summed E-state index contributed by atoms with van der Waals surface area (Å²) in [4.78, 5) is 11.8. The summed E-state index contributed by atoms with van der Waals surface area (Å²) in [5.41, 5.74) is -0.341. The van der Waals surface area contributed by atoms with E-state index in [0.29, 0.717) is 0 Å². The van der Waals surface area contributed by atoms with Gasteiger partial charge < -0.3 is 4.90 Å². The first-order valence-corrected chi connectivity index (χ1v) is 5.26. The fourth-order valence-electron chi connectivity index (χ4n) is 1.15. The highest BCUT2D eigenvalue weighted by atomic mass is 35.5. The average molecular weight is 279 g/mol. The molecule has 0 radical (unpaired) electrons. The van der Waals surface area contributed by atoms with Crippen LogP contribution in [0.25, 0.3) is 6.08 Å². The van der Waals surface area contributed by atoms with Crippen LogP contribution in [-0.4, -0.2) is 23.9 Å². The van der Waals surface area contributed by atoms with Crippen molar-refractivity contribution in [1.82, 2.24) is 4.90 Å². The Labute approximate surface area is 107 Å². The standard InChI is InChI=1S/C10H9Cl2FN2O2/c1-14(2)4-3-6-5-7(11)9(13)8(12)10(6)15(16)17/h3-5H,1-2H3. The predicted octanol–water partition coefficient (Wildman–Crippen LogP) is 3.57. The van der Waals surface area contributed by atoms with E-state index >= 15 is 0 Å². The van der Waals surface area contributed by atoms with Crippen LogP contribution in [0.3, 0.4) is 0 Å². The summed E-state index contributed by atoms with van der Waals surface area (Å²) < 4.78 is 13.3. The van der Waals surface area contributed by atoms with E-state index in [9.17, 15) is 14.5 Å². The summed E-state index contributed by atoms with van der Waals surface area (Å²) in [6.45, 7) is 0. The van der Waals surface area contributed by atoms with E-state index in [0.717, 1.165) is 0 Å². The van der Waals surface area contributed by atoms with Crippen molar-refractivity contribution >= 4 is 35.0 Å². The molecule has 0 spiro atoms. The third-order valence-corrected chi connectivity index (χ3v) is 2.52. The van der Waals surface area contributed by atoms with Crippen molar-refractivity contribution in [2.45, 2.75) is 0 Å². The van der Waals surface area contributed by atoms with Crippen LogP contribution in [0.4, 0.5) is 10.1 Å². The first kappa shape index (κ1) is 13.7. The number of hydrogen-bond donors (Lipinski definition) is 0. The van der Waals surface area contributed by atoms with Gasteiger partial charge in [0.15, 0.2) is 10.8 Å². The molecular formula is C10H9Cl2FN2O2. The van der Waals surface area contributed by atoms with Gasteiger partial charge in [0.1, 0.15) is 0 Å². The van der Waals surface area contributed by atoms with Crippen LogP contribution in [0, 0.1) is 15.9 Å². The molecule has 1 rings (SSSR count). The number of nitro groups is 1. The van der Waals surface area contributed by atoms with Crippen molar-refractivity contribution in [3.8, 4) is 0 Å². The molecule has 92 valence electrons. The topological polar surface area (TPSA) is 46.4 Å². The van der Waals surface area contributed by atoms with Gasteiger partial charge in [-0.2, -0.15) is 0 Å². The van der Waals surface area contributed by atoms with Crippen LogP contribution in [0.2, 0.25) is 10.0 Å². The molecule has 0 N–H and O–H groups in total. The van der Waals surface area contributed by atoms with Crippen LogP contribution in [-0.2, 0) is 0 Å². The molecular weight excluding hydrogens is 270 g/mol. The van der Waals surface area contributed by atoms with E-state index in [1.165, 1.54) is 12.1 Å². The molecule has 0 heterocycles. The Morgan fingerprint density at radius 3 is 2.53 bits per heavy atom. The molecule has 0 fully saturated rings. The van der Waals surface area contributed by atoms with Gasteiger partial charge in [0, 0.05) is 14.1 Å². The van der Waals surface area contributed by atoms with Crippen molar-refractivity contribution in [3.05, 3.63) is 43.8 Å². The number of hydrogen-bond acceptors (Lipinski definition) is 3. The molecule has 0 amide bonds. The van der Waals surface area contributed by atoms with Gasteiger partial charge in [0.25, 0.3) is 5.69 Å². The first-order chi connectivity index (χ1) is 7.84. The van der Waals surface area contributed by atoms with Gasteiger partial charge in [0.05, 0.1) is 15.5 Å². The Balaban J connectivity index is 3.43. The van der Waals surface area contributed by atoms with E-state index < -0.39 is 21.5 Å². The molecule has 0 unspecified atom stereocenters. The lowest BCUT2D eigenvalue weighted by Gasteiger charge is -2.06. The van der Waals surface area contributed by atoms with Crippen LogP contribution in [0.1, 0.15) is 5.56 Å². The maximum atomic E-state index is 13.3. The molecule has 0 bridgehead atoms. The fourth-order valence-corrected chi connectivity index (χ4v) is 1.69. The fraction of sp³-hybridized carbons (Fsp3) is 0.200. The second-order valence-corrected chi connectivity index (χ2v) is 4.25. The summed E-state index contributed by atoms with van der Waals surface area (Å²) in [7, 11) is 3.49. The summed E-state index contributed by atoms with van der Waals surface area (Å²) in [5.74, 6) is -0.984. The van der Waals surface area contributed by atoms with E-state index in [1.54, 1.807) is 25.2 Å². The summed E-state index contributed by atoms with van der Waals surface area (Å²) in [6, 6.07) is 1.17. The Bertz CT molecular complexity index is 490. The smallest absolute Gasteiger partial charge is 0.298 e. The molecule has 0 saturated carbocycles. The molecule has 0 aliphatic heterocycles. The highest BCUT2D eigenvalue weighted by Crippen LogP contribution is 2.36. The van der Waals surface area contributed by atoms with Gasteiger partial charge in [-0.05, 0) is 18.3 Å². The number of halogens is 3.